The van der Waals surface area contributed by atoms with Gasteiger partial charge in [0.2, 0.25) is 11.8 Å². The Morgan fingerprint density at radius 1 is 1.35 bits per heavy atom. The number of hydrogen-bond donors (Lipinski definition) is 2. The van der Waals surface area contributed by atoms with E-state index in [2.05, 4.69) is 41.4 Å². The molecule has 3 rings (SSSR count). The molecule has 0 spiro atoms. The normalized spacial score (nSPS) is 15.5. The minimum Gasteiger partial charge on any atom is -1.00 e. The molecular weight excluding hydrogens is 392 g/mol. The van der Waals surface area contributed by atoms with Crippen LogP contribution in [0.3, 0.4) is 0 Å². The third kappa shape index (κ3) is 5.70. The summed E-state index contributed by atoms with van der Waals surface area (Å²) < 4.78 is 6.84. The molecule has 0 radical (unpaired) electrons. The lowest BCUT2D eigenvalue weighted by Crippen LogP contribution is -3.00. The number of oxazole rings is 1. The second-order valence-corrected chi connectivity index (χ2v) is 9.46. The summed E-state index contributed by atoms with van der Waals surface area (Å²) in [5, 5.41) is 6.87. The molecule has 0 saturated carbocycles. The van der Waals surface area contributed by atoms with Crippen molar-refractivity contribution in [2.24, 2.45) is 5.92 Å². The number of thiazole rings is 1. The Morgan fingerprint density at radius 3 is 2.73 bits per heavy atom. The van der Waals surface area contributed by atoms with E-state index in [4.69, 9.17) is 4.42 Å². The molecule has 1 fully saturated rings. The van der Waals surface area contributed by atoms with Gasteiger partial charge >= 0.3 is 0 Å². The van der Waals surface area contributed by atoms with E-state index in [1.807, 2.05) is 0 Å². The van der Waals surface area contributed by atoms with Crippen molar-refractivity contribution in [3.63, 3.8) is 0 Å². The molecule has 3 heterocycles. The minimum atomic E-state index is -0.0352. The number of nitrogens with zero attached hydrogens (tertiary/aromatic N) is 2. The predicted octanol–water partition coefficient (Wildman–Crippen LogP) is 0.663. The Kier molecular flexibility index (Phi) is 7.52. The number of carbonyl (C=O) groups excluding carboxylic acids is 1. The molecule has 1 saturated heterocycles. The van der Waals surface area contributed by atoms with Crippen LogP contribution in [0, 0.1) is 5.92 Å². The van der Waals surface area contributed by atoms with Gasteiger partial charge in [0.15, 0.2) is 5.13 Å². The number of thioether (sulfide) groups is 1. The van der Waals surface area contributed by atoms with Crippen molar-refractivity contribution >= 4 is 34.1 Å². The second kappa shape index (κ2) is 9.21. The maximum atomic E-state index is 12.2. The number of halogens is 1. The summed E-state index contributed by atoms with van der Waals surface area (Å²) in [6.07, 6.45) is 5.37. The van der Waals surface area contributed by atoms with E-state index >= 15 is 0 Å². The van der Waals surface area contributed by atoms with Crippen molar-refractivity contribution in [2.75, 3.05) is 18.4 Å². The first-order chi connectivity index (χ1) is 11.9. The van der Waals surface area contributed by atoms with Crippen LogP contribution in [0.1, 0.15) is 45.3 Å². The quantitative estimate of drug-likeness (QED) is 0.698. The molecule has 1 aliphatic heterocycles. The summed E-state index contributed by atoms with van der Waals surface area (Å²) in [7, 11) is 0. The van der Waals surface area contributed by atoms with Crippen LogP contribution < -0.4 is 23.0 Å². The summed E-state index contributed by atoms with van der Waals surface area (Å²) in [5.74, 6) is 2.42. The van der Waals surface area contributed by atoms with Crippen LogP contribution in [0.4, 0.5) is 5.13 Å². The van der Waals surface area contributed by atoms with Crippen molar-refractivity contribution in [3.8, 4) is 0 Å². The number of rotatable bonds is 5. The zero-order chi connectivity index (χ0) is 17.9. The van der Waals surface area contributed by atoms with Gasteiger partial charge < -0.3 is 27.5 Å². The third-order valence-electron chi connectivity index (χ3n) is 4.06. The number of hydrogen-bond acceptors (Lipinski definition) is 7. The standard InChI is InChI=1S/C17H24N4O2S2.ClH/c1-17(2,3)12-8-19-13(23-12)10-24-14-9-20-16(25-14)21-15(22)11-4-6-18-7-5-11;/h8-9,11,18H,4-7,10H2,1-3H3,(H,20,21,22);1H/p-1. The fourth-order valence-electron chi connectivity index (χ4n) is 2.53. The number of amides is 1. The SMILES string of the molecule is CC(C)(C)c1cnc(CSc2cnc(NC(=O)C3CCNCC3)s2)o1.[Cl-]. The molecule has 9 heteroatoms. The van der Waals surface area contributed by atoms with Crippen molar-refractivity contribution in [3.05, 3.63) is 24.0 Å². The van der Waals surface area contributed by atoms with Crippen LogP contribution in [0.2, 0.25) is 0 Å². The van der Waals surface area contributed by atoms with Crippen molar-refractivity contribution in [1.82, 2.24) is 15.3 Å². The molecule has 0 aromatic carbocycles. The van der Waals surface area contributed by atoms with Crippen LogP contribution >= 0.6 is 23.1 Å². The first-order valence-electron chi connectivity index (χ1n) is 8.47. The molecule has 144 valence electrons. The lowest BCUT2D eigenvalue weighted by molar-refractivity contribution is -0.120. The maximum absolute atomic E-state index is 12.2. The minimum absolute atomic E-state index is 0. The smallest absolute Gasteiger partial charge is 0.229 e. The van der Waals surface area contributed by atoms with Crippen LogP contribution in [0.5, 0.6) is 0 Å². The van der Waals surface area contributed by atoms with E-state index in [0.29, 0.717) is 16.8 Å². The van der Waals surface area contributed by atoms with Crippen LogP contribution in [-0.2, 0) is 16.0 Å². The molecule has 2 N–H and O–H groups in total. The van der Waals surface area contributed by atoms with Gasteiger partial charge in [0.05, 0.1) is 22.4 Å². The van der Waals surface area contributed by atoms with Gasteiger partial charge in [-0.05, 0) is 25.9 Å². The highest BCUT2D eigenvalue weighted by molar-refractivity contribution is 8.00. The van der Waals surface area contributed by atoms with E-state index in [-0.39, 0.29) is 29.6 Å². The molecule has 26 heavy (non-hydrogen) atoms. The number of nitrogens with one attached hydrogen (secondary N) is 2. The molecular formula is C17H24ClN4O2S2-. The van der Waals surface area contributed by atoms with Gasteiger partial charge in [-0.1, -0.05) is 32.1 Å². The third-order valence-corrected chi connectivity index (χ3v) is 6.15. The highest BCUT2D eigenvalue weighted by Gasteiger charge is 2.22. The predicted molar refractivity (Wildman–Crippen MR) is 101 cm³/mol. The Balaban J connectivity index is 0.00000243. The molecule has 1 amide bonds. The molecule has 2 aromatic rings. The summed E-state index contributed by atoms with van der Waals surface area (Å²) in [6.45, 7) is 8.12. The molecule has 0 unspecified atom stereocenters. The first kappa shape index (κ1) is 21.2. The number of anilines is 1. The maximum Gasteiger partial charge on any atom is 0.229 e. The van der Waals surface area contributed by atoms with Crippen molar-refractivity contribution in [1.29, 1.82) is 0 Å². The summed E-state index contributed by atoms with van der Waals surface area (Å²) in [5.41, 5.74) is -0.0352. The zero-order valence-corrected chi connectivity index (χ0v) is 17.6. The fraction of sp³-hybridized carbons (Fsp3) is 0.588. The number of carbonyl (C=O) groups is 1. The van der Waals surface area contributed by atoms with E-state index in [1.165, 1.54) is 11.3 Å². The lowest BCUT2D eigenvalue weighted by atomic mass is 9.94. The molecule has 0 bridgehead atoms. The molecule has 0 aliphatic carbocycles. The summed E-state index contributed by atoms with van der Waals surface area (Å²) in [4.78, 5) is 20.9. The van der Waals surface area contributed by atoms with Gasteiger partial charge in [0.1, 0.15) is 5.76 Å². The first-order valence-corrected chi connectivity index (χ1v) is 10.3. The topological polar surface area (TPSA) is 80.0 Å². The molecule has 6 nitrogen and oxygen atoms in total. The van der Waals surface area contributed by atoms with Gasteiger partial charge in [-0.2, -0.15) is 0 Å². The van der Waals surface area contributed by atoms with Crippen molar-refractivity contribution in [2.45, 2.75) is 49.0 Å². The Hall–Kier alpha value is -1.09. The molecule has 1 aliphatic rings. The van der Waals surface area contributed by atoms with Gasteiger partial charge in [0, 0.05) is 11.3 Å². The lowest BCUT2D eigenvalue weighted by Gasteiger charge is -2.20. The molecule has 0 atom stereocenters. The second-order valence-electron chi connectivity index (χ2n) is 7.15. The number of piperidine rings is 1. The van der Waals surface area contributed by atoms with Gasteiger partial charge in [0.25, 0.3) is 0 Å². The average molecular weight is 416 g/mol. The highest BCUT2D eigenvalue weighted by Crippen LogP contribution is 2.32. The van der Waals surface area contributed by atoms with E-state index in [9.17, 15) is 4.79 Å². The Bertz CT molecular complexity index is 720. The van der Waals surface area contributed by atoms with Gasteiger partial charge in [-0.3, -0.25) is 4.79 Å². The molecule has 2 aromatic heterocycles. The monoisotopic (exact) mass is 415 g/mol. The fourth-order valence-corrected chi connectivity index (χ4v) is 4.26. The van der Waals surface area contributed by atoms with E-state index < -0.39 is 0 Å². The van der Waals surface area contributed by atoms with Gasteiger partial charge in [-0.25, -0.2) is 9.97 Å². The van der Waals surface area contributed by atoms with E-state index in [0.717, 1.165) is 35.9 Å². The summed E-state index contributed by atoms with van der Waals surface area (Å²) >= 11 is 3.11. The zero-order valence-electron chi connectivity index (χ0n) is 15.2. The largest absolute Gasteiger partial charge is 1.00 e. The Morgan fingerprint density at radius 2 is 2.08 bits per heavy atom. The van der Waals surface area contributed by atoms with Crippen LogP contribution in [-0.4, -0.2) is 29.0 Å². The van der Waals surface area contributed by atoms with Crippen molar-refractivity contribution < 1.29 is 21.6 Å². The summed E-state index contributed by atoms with van der Waals surface area (Å²) in [6, 6.07) is 0. The van der Waals surface area contributed by atoms with Gasteiger partial charge in [-0.15, -0.1) is 11.8 Å². The van der Waals surface area contributed by atoms with E-state index in [1.54, 1.807) is 24.2 Å². The highest BCUT2D eigenvalue weighted by atomic mass is 35.5. The number of aromatic nitrogens is 2. The average Bonchev–Trinajstić information content (AvgIpc) is 3.22. The van der Waals surface area contributed by atoms with Crippen LogP contribution in [0.25, 0.3) is 0 Å². The Labute approximate surface area is 168 Å². The van der Waals surface area contributed by atoms with Crippen LogP contribution in [0.15, 0.2) is 21.0 Å².